The van der Waals surface area contributed by atoms with E-state index in [9.17, 15) is 18.0 Å². The second-order valence-electron chi connectivity index (χ2n) is 10.0. The van der Waals surface area contributed by atoms with Gasteiger partial charge in [0, 0.05) is 29.6 Å². The molecule has 4 aliphatic carbocycles. The predicted octanol–water partition coefficient (Wildman–Crippen LogP) is 5.51. The van der Waals surface area contributed by atoms with E-state index in [0.717, 1.165) is 22.6 Å². The Morgan fingerprint density at radius 3 is 2.24 bits per heavy atom. The molecule has 1 aromatic carbocycles. The molecule has 0 saturated heterocycles. The average Bonchev–Trinajstić information content (AvgIpc) is 3.28. The van der Waals surface area contributed by atoms with E-state index in [4.69, 9.17) is 0 Å². The topological polar surface area (TPSA) is 59.8 Å². The normalized spacial score (nSPS) is 27.7. The third kappa shape index (κ3) is 3.79. The third-order valence-electron chi connectivity index (χ3n) is 7.86. The Morgan fingerprint density at radius 2 is 1.65 bits per heavy atom. The predicted molar refractivity (Wildman–Crippen MR) is 120 cm³/mol. The highest BCUT2D eigenvalue weighted by Gasteiger charge is 2.48. The van der Waals surface area contributed by atoms with E-state index in [1.807, 2.05) is 0 Å². The minimum atomic E-state index is -4.58. The van der Waals surface area contributed by atoms with Crippen molar-refractivity contribution in [3.63, 3.8) is 0 Å². The average molecular weight is 467 g/mol. The van der Waals surface area contributed by atoms with Crippen molar-refractivity contribution >= 4 is 5.91 Å². The number of nitrogens with zero attached hydrogens (tertiary/aromatic N) is 3. The summed E-state index contributed by atoms with van der Waals surface area (Å²) < 4.78 is 42.1. The Labute approximate surface area is 195 Å². The molecule has 5 nitrogen and oxygen atoms in total. The highest BCUT2D eigenvalue weighted by atomic mass is 19.4. The van der Waals surface area contributed by atoms with Crippen LogP contribution < -0.4 is 5.32 Å². The molecule has 34 heavy (non-hydrogen) atoms. The first kappa shape index (κ1) is 21.4. The smallest absolute Gasteiger partial charge is 0.349 e. The van der Waals surface area contributed by atoms with Gasteiger partial charge < -0.3 is 5.32 Å². The van der Waals surface area contributed by atoms with E-state index in [-0.39, 0.29) is 23.3 Å². The summed E-state index contributed by atoms with van der Waals surface area (Å²) in [6.07, 6.45) is 4.62. The van der Waals surface area contributed by atoms with Gasteiger partial charge in [0.1, 0.15) is 5.69 Å². The van der Waals surface area contributed by atoms with Crippen molar-refractivity contribution in [3.8, 4) is 16.9 Å². The zero-order valence-corrected chi connectivity index (χ0v) is 18.5. The van der Waals surface area contributed by atoms with Gasteiger partial charge in [-0.15, -0.1) is 0 Å². The van der Waals surface area contributed by atoms with E-state index in [2.05, 4.69) is 15.4 Å². The standard InChI is InChI=1S/C26H25F3N4O/c27-26(28,29)23-13-22(18-2-1-7-30-14-18)32-33(23)21-5-3-17(4-6-21)25(34)31-24-19-9-15-8-16(11-19)12-20(24)10-15/h1-7,13-16,19-20,24H,8-12H2,(H,31,34). The van der Waals surface area contributed by atoms with Crippen LogP contribution in [-0.4, -0.2) is 26.7 Å². The maximum Gasteiger partial charge on any atom is 0.433 e. The molecule has 7 rings (SSSR count). The number of benzene rings is 1. The van der Waals surface area contributed by atoms with Gasteiger partial charge in [-0.1, -0.05) is 0 Å². The largest absolute Gasteiger partial charge is 0.433 e. The van der Waals surface area contributed by atoms with Gasteiger partial charge >= 0.3 is 6.18 Å². The minimum Gasteiger partial charge on any atom is -0.349 e. The van der Waals surface area contributed by atoms with Gasteiger partial charge in [0.2, 0.25) is 0 Å². The lowest BCUT2D eigenvalue weighted by molar-refractivity contribution is -0.142. The lowest BCUT2D eigenvalue weighted by atomic mass is 9.54. The number of hydrogen-bond donors (Lipinski definition) is 1. The second-order valence-corrected chi connectivity index (χ2v) is 10.0. The lowest BCUT2D eigenvalue weighted by Crippen LogP contribution is -2.55. The number of carbonyl (C=O) groups excluding carboxylic acids is 1. The zero-order chi connectivity index (χ0) is 23.4. The molecular formula is C26H25F3N4O. The van der Waals surface area contributed by atoms with Gasteiger partial charge in [0.15, 0.2) is 0 Å². The van der Waals surface area contributed by atoms with Crippen molar-refractivity contribution in [1.29, 1.82) is 0 Å². The van der Waals surface area contributed by atoms with Crippen LogP contribution in [0.1, 0.15) is 48.2 Å². The van der Waals surface area contributed by atoms with Gasteiger partial charge in [-0.05, 0) is 98.2 Å². The molecule has 176 valence electrons. The van der Waals surface area contributed by atoms with Crippen LogP contribution in [0.4, 0.5) is 13.2 Å². The number of halogens is 3. The number of alkyl halides is 3. The summed E-state index contributed by atoms with van der Waals surface area (Å²) in [6, 6.07) is 10.7. The molecule has 4 aliphatic rings. The van der Waals surface area contributed by atoms with Crippen molar-refractivity contribution in [2.24, 2.45) is 23.7 Å². The molecule has 8 heteroatoms. The molecule has 0 spiro atoms. The maximum atomic E-state index is 13.7. The summed E-state index contributed by atoms with van der Waals surface area (Å²) >= 11 is 0. The molecular weight excluding hydrogens is 441 g/mol. The van der Waals surface area contributed by atoms with Crippen LogP contribution in [0.5, 0.6) is 0 Å². The fourth-order valence-corrected chi connectivity index (χ4v) is 6.58. The first-order chi connectivity index (χ1) is 16.3. The van der Waals surface area contributed by atoms with Crippen LogP contribution in [0.3, 0.4) is 0 Å². The zero-order valence-electron chi connectivity index (χ0n) is 18.5. The van der Waals surface area contributed by atoms with Crippen LogP contribution in [-0.2, 0) is 6.18 Å². The SMILES string of the molecule is O=C(NC1C2CC3CC(C2)CC1C3)c1ccc(-n2nc(-c3cccnc3)cc2C(F)(F)F)cc1. The quantitative estimate of drug-likeness (QED) is 0.552. The fourth-order valence-electron chi connectivity index (χ4n) is 6.58. The van der Waals surface area contributed by atoms with Gasteiger partial charge in [0.05, 0.1) is 11.4 Å². The fraction of sp³-hybridized carbons (Fsp3) is 0.423. The number of pyridine rings is 1. The Kier molecular flexibility index (Phi) is 5.00. The van der Waals surface area contributed by atoms with Crippen molar-refractivity contribution in [2.75, 3.05) is 0 Å². The van der Waals surface area contributed by atoms with Crippen molar-refractivity contribution in [1.82, 2.24) is 20.1 Å². The molecule has 0 radical (unpaired) electrons. The molecule has 2 heterocycles. The molecule has 0 unspecified atom stereocenters. The Bertz CT molecular complexity index is 1180. The van der Waals surface area contributed by atoms with Gasteiger partial charge in [0.25, 0.3) is 5.91 Å². The number of hydrogen-bond acceptors (Lipinski definition) is 3. The number of carbonyl (C=O) groups is 1. The Morgan fingerprint density at radius 1 is 0.971 bits per heavy atom. The van der Waals surface area contributed by atoms with Gasteiger partial charge in [-0.3, -0.25) is 9.78 Å². The summed E-state index contributed by atoms with van der Waals surface area (Å²) in [6.45, 7) is 0. The van der Waals surface area contributed by atoms with Crippen LogP contribution in [0.25, 0.3) is 16.9 Å². The molecule has 0 aliphatic heterocycles. The van der Waals surface area contributed by atoms with E-state index in [0.29, 0.717) is 23.0 Å². The van der Waals surface area contributed by atoms with Crippen LogP contribution in [0.2, 0.25) is 0 Å². The highest BCUT2D eigenvalue weighted by molar-refractivity contribution is 5.94. The van der Waals surface area contributed by atoms with Crippen LogP contribution in [0, 0.1) is 23.7 Å². The Balaban J connectivity index is 1.24. The third-order valence-corrected chi connectivity index (χ3v) is 7.86. The molecule has 2 aromatic heterocycles. The highest BCUT2D eigenvalue weighted by Crippen LogP contribution is 2.53. The van der Waals surface area contributed by atoms with Crippen molar-refractivity contribution in [3.05, 3.63) is 66.1 Å². The van der Waals surface area contributed by atoms with Crippen molar-refractivity contribution in [2.45, 2.75) is 44.3 Å². The summed E-state index contributed by atoms with van der Waals surface area (Å²) in [4.78, 5) is 16.9. The molecule has 0 atom stereocenters. The summed E-state index contributed by atoms with van der Waals surface area (Å²) in [5, 5.41) is 7.44. The van der Waals surface area contributed by atoms with Gasteiger partial charge in [-0.25, -0.2) is 4.68 Å². The molecule has 3 aromatic rings. The molecule has 4 fully saturated rings. The van der Waals surface area contributed by atoms with Crippen LogP contribution in [0.15, 0.2) is 54.9 Å². The van der Waals surface area contributed by atoms with E-state index in [1.54, 1.807) is 30.5 Å². The van der Waals surface area contributed by atoms with E-state index < -0.39 is 11.9 Å². The molecule has 4 bridgehead atoms. The number of aromatic nitrogens is 3. The summed E-state index contributed by atoms with van der Waals surface area (Å²) in [5.74, 6) is 2.61. The molecule has 4 saturated carbocycles. The van der Waals surface area contributed by atoms with Crippen molar-refractivity contribution < 1.29 is 18.0 Å². The van der Waals surface area contributed by atoms with Gasteiger partial charge in [-0.2, -0.15) is 18.3 Å². The number of amides is 1. The minimum absolute atomic E-state index is 0.156. The second kappa shape index (κ2) is 7.96. The maximum absolute atomic E-state index is 13.7. The number of rotatable bonds is 4. The van der Waals surface area contributed by atoms with E-state index >= 15 is 0 Å². The number of nitrogens with one attached hydrogen (secondary N) is 1. The van der Waals surface area contributed by atoms with E-state index in [1.165, 1.54) is 50.4 Å². The lowest BCUT2D eigenvalue weighted by Gasteiger charge is -2.54. The molecule has 1 N–H and O–H groups in total. The first-order valence-corrected chi connectivity index (χ1v) is 11.8. The molecule has 1 amide bonds. The Hall–Kier alpha value is -3.16. The first-order valence-electron chi connectivity index (χ1n) is 11.8. The summed E-state index contributed by atoms with van der Waals surface area (Å²) in [7, 11) is 0. The monoisotopic (exact) mass is 466 g/mol. The van der Waals surface area contributed by atoms with Crippen LogP contribution >= 0.6 is 0 Å². The summed E-state index contributed by atoms with van der Waals surface area (Å²) in [5.41, 5.74) is 0.499.